The van der Waals surface area contributed by atoms with Gasteiger partial charge in [-0.05, 0) is 42.5 Å². The molecule has 8 heteroatoms. The molecule has 170 valence electrons. The van der Waals surface area contributed by atoms with Crippen LogP contribution < -0.4 is 19.5 Å². The van der Waals surface area contributed by atoms with Crippen LogP contribution in [0.15, 0.2) is 60.7 Å². The number of carbonyl (C=O) groups is 2. The minimum atomic E-state index is -0.314. The minimum absolute atomic E-state index is 0.0726. The van der Waals surface area contributed by atoms with Gasteiger partial charge in [0.25, 0.3) is 11.8 Å². The monoisotopic (exact) mass is 466 g/mol. The van der Waals surface area contributed by atoms with Gasteiger partial charge in [0.1, 0.15) is 17.2 Å². The Kier molecular flexibility index (Phi) is 6.70. The summed E-state index contributed by atoms with van der Waals surface area (Å²) >= 11 is 6.14. The maximum atomic E-state index is 12.7. The van der Waals surface area contributed by atoms with Crippen LogP contribution in [0.3, 0.4) is 0 Å². The van der Waals surface area contributed by atoms with E-state index in [-0.39, 0.29) is 18.4 Å². The van der Waals surface area contributed by atoms with Crippen molar-refractivity contribution in [3.63, 3.8) is 0 Å². The molecule has 0 fully saturated rings. The number of halogens is 1. The summed E-state index contributed by atoms with van der Waals surface area (Å²) in [6.45, 7) is 0.584. The van der Waals surface area contributed by atoms with Crippen LogP contribution in [0.4, 0.5) is 5.69 Å². The number of rotatable bonds is 6. The van der Waals surface area contributed by atoms with Gasteiger partial charge in [0.15, 0.2) is 6.61 Å². The molecule has 0 bridgehead atoms. The summed E-state index contributed by atoms with van der Waals surface area (Å²) in [4.78, 5) is 27.1. The fraction of sp³-hybridized carbons (Fsp3) is 0.200. The fourth-order valence-electron chi connectivity index (χ4n) is 3.62. The minimum Gasteiger partial charge on any atom is -0.497 e. The van der Waals surface area contributed by atoms with Crippen LogP contribution in [0.1, 0.15) is 21.5 Å². The van der Waals surface area contributed by atoms with Crippen molar-refractivity contribution < 1.29 is 23.8 Å². The largest absolute Gasteiger partial charge is 0.497 e. The van der Waals surface area contributed by atoms with Crippen molar-refractivity contribution in [1.29, 1.82) is 0 Å². The molecule has 0 saturated heterocycles. The molecule has 4 rings (SSSR count). The molecule has 0 saturated carbocycles. The van der Waals surface area contributed by atoms with Gasteiger partial charge < -0.3 is 24.4 Å². The molecule has 0 aromatic heterocycles. The third kappa shape index (κ3) is 5.04. The summed E-state index contributed by atoms with van der Waals surface area (Å²) in [6, 6.07) is 17.6. The quantitative estimate of drug-likeness (QED) is 0.577. The number of methoxy groups -OCH3 is 2. The van der Waals surface area contributed by atoms with E-state index in [1.165, 1.54) is 0 Å². The number of nitrogens with zero attached hydrogens (tertiary/aromatic N) is 1. The molecule has 0 spiro atoms. The van der Waals surface area contributed by atoms with Crippen LogP contribution in [-0.4, -0.2) is 37.5 Å². The van der Waals surface area contributed by atoms with E-state index < -0.39 is 0 Å². The first kappa shape index (κ1) is 22.5. The maximum absolute atomic E-state index is 12.7. The Labute approximate surface area is 196 Å². The lowest BCUT2D eigenvalue weighted by atomic mass is 10.1. The highest BCUT2D eigenvalue weighted by molar-refractivity contribution is 6.34. The Morgan fingerprint density at radius 2 is 1.91 bits per heavy atom. The van der Waals surface area contributed by atoms with Crippen molar-refractivity contribution in [2.45, 2.75) is 13.1 Å². The predicted molar refractivity (Wildman–Crippen MR) is 125 cm³/mol. The lowest BCUT2D eigenvalue weighted by molar-refractivity contribution is -0.133. The molecule has 3 aromatic carbocycles. The van der Waals surface area contributed by atoms with Gasteiger partial charge in [0.05, 0.1) is 24.8 Å². The van der Waals surface area contributed by atoms with Crippen LogP contribution in [0.5, 0.6) is 17.2 Å². The number of ether oxygens (including phenoxy) is 3. The molecule has 0 radical (unpaired) electrons. The Bertz CT molecular complexity index is 1200. The van der Waals surface area contributed by atoms with E-state index in [2.05, 4.69) is 5.32 Å². The SMILES string of the molecule is COc1ccc(CN2Cc3cc(NC(=O)c4ccccc4Cl)ccc3OCC2=O)c(OC)c1. The summed E-state index contributed by atoms with van der Waals surface area (Å²) in [5, 5.41) is 3.23. The lowest BCUT2D eigenvalue weighted by Gasteiger charge is -2.22. The molecule has 1 N–H and O–H groups in total. The fourth-order valence-corrected chi connectivity index (χ4v) is 3.84. The molecular weight excluding hydrogens is 444 g/mol. The molecule has 33 heavy (non-hydrogen) atoms. The Balaban J connectivity index is 1.55. The summed E-state index contributed by atoms with van der Waals surface area (Å²) in [7, 11) is 3.16. The highest BCUT2D eigenvalue weighted by Crippen LogP contribution is 2.30. The molecule has 1 heterocycles. The van der Waals surface area contributed by atoms with Crippen LogP contribution in [0.2, 0.25) is 5.02 Å². The number of carbonyl (C=O) groups excluding carboxylic acids is 2. The molecule has 7 nitrogen and oxygen atoms in total. The predicted octanol–water partition coefficient (Wildman–Crippen LogP) is 4.53. The van der Waals surface area contributed by atoms with E-state index in [0.717, 1.165) is 11.1 Å². The highest BCUT2D eigenvalue weighted by atomic mass is 35.5. The first-order valence-electron chi connectivity index (χ1n) is 10.3. The van der Waals surface area contributed by atoms with Crippen LogP contribution in [-0.2, 0) is 17.9 Å². The van der Waals surface area contributed by atoms with E-state index in [1.54, 1.807) is 67.7 Å². The van der Waals surface area contributed by atoms with Gasteiger partial charge in [-0.1, -0.05) is 23.7 Å². The normalized spacial score (nSPS) is 12.9. The summed E-state index contributed by atoms with van der Waals surface area (Å²) in [5.41, 5.74) is 2.59. The zero-order chi connectivity index (χ0) is 23.4. The molecule has 0 aliphatic carbocycles. The standard InChI is InChI=1S/C25H23ClN2O5/c1-31-19-9-7-16(23(12-19)32-2)13-28-14-17-11-18(8-10-22(17)33-15-24(28)29)27-25(30)20-5-3-4-6-21(20)26/h3-12H,13-15H2,1-2H3,(H,27,30). The van der Waals surface area contributed by atoms with E-state index in [1.807, 2.05) is 12.1 Å². The van der Waals surface area contributed by atoms with Crippen molar-refractivity contribution >= 4 is 29.1 Å². The van der Waals surface area contributed by atoms with Crippen molar-refractivity contribution in [3.05, 3.63) is 82.4 Å². The molecule has 0 unspecified atom stereocenters. The van der Waals surface area contributed by atoms with Crippen molar-refractivity contribution in [3.8, 4) is 17.2 Å². The van der Waals surface area contributed by atoms with Crippen LogP contribution in [0, 0.1) is 0 Å². The Hall–Kier alpha value is -3.71. The molecule has 2 amide bonds. The van der Waals surface area contributed by atoms with Crippen LogP contribution >= 0.6 is 11.6 Å². The van der Waals surface area contributed by atoms with Crippen LogP contribution in [0.25, 0.3) is 0 Å². The molecule has 0 atom stereocenters. The maximum Gasteiger partial charge on any atom is 0.261 e. The average molecular weight is 467 g/mol. The van der Waals surface area contributed by atoms with E-state index in [0.29, 0.717) is 46.6 Å². The second kappa shape index (κ2) is 9.83. The summed E-state index contributed by atoms with van der Waals surface area (Å²) in [5.74, 6) is 1.44. The third-order valence-electron chi connectivity index (χ3n) is 5.36. The zero-order valence-corrected chi connectivity index (χ0v) is 19.0. The first-order chi connectivity index (χ1) is 16.0. The van der Waals surface area contributed by atoms with Gasteiger partial charge in [0, 0.05) is 36.0 Å². The van der Waals surface area contributed by atoms with Gasteiger partial charge in [0.2, 0.25) is 0 Å². The van der Waals surface area contributed by atoms with E-state index in [4.69, 9.17) is 25.8 Å². The highest BCUT2D eigenvalue weighted by Gasteiger charge is 2.23. The van der Waals surface area contributed by atoms with Gasteiger partial charge in [-0.25, -0.2) is 0 Å². The van der Waals surface area contributed by atoms with E-state index in [9.17, 15) is 9.59 Å². The summed E-state index contributed by atoms with van der Waals surface area (Å²) < 4.78 is 16.4. The Morgan fingerprint density at radius 3 is 2.67 bits per heavy atom. The number of anilines is 1. The van der Waals surface area contributed by atoms with E-state index >= 15 is 0 Å². The number of benzene rings is 3. The van der Waals surface area contributed by atoms with Crippen molar-refractivity contribution in [2.75, 3.05) is 26.1 Å². The second-order valence-electron chi connectivity index (χ2n) is 7.47. The smallest absolute Gasteiger partial charge is 0.261 e. The summed E-state index contributed by atoms with van der Waals surface area (Å²) in [6.07, 6.45) is 0. The van der Waals surface area contributed by atoms with Crippen molar-refractivity contribution in [1.82, 2.24) is 4.90 Å². The number of hydrogen-bond donors (Lipinski definition) is 1. The van der Waals surface area contributed by atoms with Gasteiger partial charge in [-0.3, -0.25) is 9.59 Å². The zero-order valence-electron chi connectivity index (χ0n) is 18.3. The topological polar surface area (TPSA) is 77.1 Å². The van der Waals surface area contributed by atoms with Gasteiger partial charge in [-0.2, -0.15) is 0 Å². The second-order valence-corrected chi connectivity index (χ2v) is 7.88. The number of hydrogen-bond acceptors (Lipinski definition) is 5. The third-order valence-corrected chi connectivity index (χ3v) is 5.69. The number of amides is 2. The van der Waals surface area contributed by atoms with Gasteiger partial charge >= 0.3 is 0 Å². The molecular formula is C25H23ClN2O5. The molecule has 1 aliphatic rings. The average Bonchev–Trinajstić information content (AvgIpc) is 2.98. The molecule has 1 aliphatic heterocycles. The van der Waals surface area contributed by atoms with Gasteiger partial charge in [-0.15, -0.1) is 0 Å². The lowest BCUT2D eigenvalue weighted by Crippen LogP contribution is -2.32. The number of fused-ring (bicyclic) bond motifs is 1. The Morgan fingerprint density at radius 1 is 1.09 bits per heavy atom. The molecule has 3 aromatic rings. The first-order valence-corrected chi connectivity index (χ1v) is 10.7. The van der Waals surface area contributed by atoms with Crippen molar-refractivity contribution in [2.24, 2.45) is 0 Å². The number of nitrogens with one attached hydrogen (secondary N) is 1.